The Morgan fingerprint density at radius 3 is 2.57 bits per heavy atom. The van der Waals surface area contributed by atoms with Crippen LogP contribution in [0.4, 0.5) is 5.69 Å². The predicted molar refractivity (Wildman–Crippen MR) is 124 cm³/mol. The minimum atomic E-state index is 0.00655. The molecule has 158 valence electrons. The van der Waals surface area contributed by atoms with Crippen LogP contribution in [0.2, 0.25) is 0 Å². The van der Waals surface area contributed by atoms with Gasteiger partial charge >= 0.3 is 0 Å². The summed E-state index contributed by atoms with van der Waals surface area (Å²) >= 11 is 1.40. The summed E-state index contributed by atoms with van der Waals surface area (Å²) in [4.78, 5) is 14.4. The number of para-hydroxylation sites is 1. The van der Waals surface area contributed by atoms with Gasteiger partial charge in [0, 0.05) is 31.5 Å². The Balaban J connectivity index is 1.43. The first-order valence-electron chi connectivity index (χ1n) is 10.2. The molecule has 1 aromatic heterocycles. The first kappa shape index (κ1) is 21.9. The SMILES string of the molecule is CC(C)c1ccc(-n2cnnc2SCC(=O)NCCCN(C)c2ccccc2)cc1. The van der Waals surface area contributed by atoms with Crippen LogP contribution in [0.1, 0.15) is 31.7 Å². The second-order valence-corrected chi connectivity index (χ2v) is 8.42. The first-order valence-corrected chi connectivity index (χ1v) is 11.2. The molecular weight excluding hydrogens is 394 g/mol. The largest absolute Gasteiger partial charge is 0.375 e. The van der Waals surface area contributed by atoms with Gasteiger partial charge in [-0.2, -0.15) is 0 Å². The van der Waals surface area contributed by atoms with Crippen LogP contribution in [0, 0.1) is 0 Å². The summed E-state index contributed by atoms with van der Waals surface area (Å²) in [7, 11) is 2.06. The molecule has 0 spiro atoms. The van der Waals surface area contributed by atoms with Crippen LogP contribution >= 0.6 is 11.8 Å². The quantitative estimate of drug-likeness (QED) is 0.392. The minimum absolute atomic E-state index is 0.00655. The molecule has 3 rings (SSSR count). The number of amides is 1. The van der Waals surface area contributed by atoms with Crippen LogP contribution in [0.15, 0.2) is 66.1 Å². The van der Waals surface area contributed by atoms with Gasteiger partial charge in [-0.05, 0) is 42.2 Å². The average molecular weight is 424 g/mol. The lowest BCUT2D eigenvalue weighted by Crippen LogP contribution is -2.29. The van der Waals surface area contributed by atoms with E-state index in [1.807, 2.05) is 22.8 Å². The molecule has 1 amide bonds. The van der Waals surface area contributed by atoms with Gasteiger partial charge in [0.15, 0.2) is 5.16 Å². The molecule has 6 nitrogen and oxygen atoms in total. The van der Waals surface area contributed by atoms with E-state index in [9.17, 15) is 4.79 Å². The lowest BCUT2D eigenvalue weighted by Gasteiger charge is -2.19. The van der Waals surface area contributed by atoms with E-state index < -0.39 is 0 Å². The van der Waals surface area contributed by atoms with Crippen molar-refractivity contribution in [3.8, 4) is 5.69 Å². The molecule has 0 saturated carbocycles. The fourth-order valence-corrected chi connectivity index (χ4v) is 3.82. The lowest BCUT2D eigenvalue weighted by molar-refractivity contribution is -0.118. The second-order valence-electron chi connectivity index (χ2n) is 7.48. The van der Waals surface area contributed by atoms with Gasteiger partial charge in [-0.3, -0.25) is 9.36 Å². The van der Waals surface area contributed by atoms with Crippen molar-refractivity contribution in [3.63, 3.8) is 0 Å². The molecule has 0 atom stereocenters. The van der Waals surface area contributed by atoms with Crippen molar-refractivity contribution in [3.05, 3.63) is 66.5 Å². The highest BCUT2D eigenvalue weighted by Gasteiger charge is 2.10. The third-order valence-electron chi connectivity index (χ3n) is 4.88. The molecule has 0 aliphatic rings. The summed E-state index contributed by atoms with van der Waals surface area (Å²) in [6, 6.07) is 18.6. The second kappa shape index (κ2) is 10.8. The highest BCUT2D eigenvalue weighted by Crippen LogP contribution is 2.21. The molecule has 0 aliphatic carbocycles. The van der Waals surface area contributed by atoms with Gasteiger partial charge < -0.3 is 10.2 Å². The number of carbonyl (C=O) groups excluding carboxylic acids is 1. The Labute approximate surface area is 182 Å². The van der Waals surface area contributed by atoms with Crippen molar-refractivity contribution in [2.75, 3.05) is 30.8 Å². The van der Waals surface area contributed by atoms with Gasteiger partial charge in [-0.1, -0.05) is 55.9 Å². The summed E-state index contributed by atoms with van der Waals surface area (Å²) in [5, 5.41) is 11.9. The van der Waals surface area contributed by atoms with Gasteiger partial charge in [-0.25, -0.2) is 0 Å². The third kappa shape index (κ3) is 6.10. The highest BCUT2D eigenvalue weighted by atomic mass is 32.2. The maximum absolute atomic E-state index is 12.2. The van der Waals surface area contributed by atoms with E-state index in [0.717, 1.165) is 18.7 Å². The summed E-state index contributed by atoms with van der Waals surface area (Å²) in [6.45, 7) is 5.89. The topological polar surface area (TPSA) is 63.1 Å². The lowest BCUT2D eigenvalue weighted by atomic mass is 10.0. The van der Waals surface area contributed by atoms with Crippen molar-refractivity contribution in [2.24, 2.45) is 0 Å². The number of nitrogens with zero attached hydrogens (tertiary/aromatic N) is 4. The Kier molecular flexibility index (Phi) is 7.90. The van der Waals surface area contributed by atoms with Gasteiger partial charge in [0.1, 0.15) is 6.33 Å². The van der Waals surface area contributed by atoms with Crippen LogP contribution in [-0.2, 0) is 4.79 Å². The molecule has 0 bridgehead atoms. The predicted octanol–water partition coefficient (Wildman–Crippen LogP) is 4.13. The van der Waals surface area contributed by atoms with Crippen molar-refractivity contribution in [1.82, 2.24) is 20.1 Å². The van der Waals surface area contributed by atoms with Crippen molar-refractivity contribution >= 4 is 23.4 Å². The number of nitrogens with one attached hydrogen (secondary N) is 1. The van der Waals surface area contributed by atoms with E-state index >= 15 is 0 Å². The number of rotatable bonds is 10. The van der Waals surface area contributed by atoms with Gasteiger partial charge in [0.25, 0.3) is 0 Å². The van der Waals surface area contributed by atoms with Gasteiger partial charge in [0.05, 0.1) is 5.75 Å². The fraction of sp³-hybridized carbons (Fsp3) is 0.348. The molecule has 1 N–H and O–H groups in total. The molecule has 0 aliphatic heterocycles. The van der Waals surface area contributed by atoms with Crippen LogP contribution in [0.25, 0.3) is 5.69 Å². The number of aromatic nitrogens is 3. The number of benzene rings is 2. The van der Waals surface area contributed by atoms with E-state index in [4.69, 9.17) is 0 Å². The molecule has 30 heavy (non-hydrogen) atoms. The summed E-state index contributed by atoms with van der Waals surface area (Å²) in [6.07, 6.45) is 2.57. The zero-order valence-corrected chi connectivity index (χ0v) is 18.6. The Morgan fingerprint density at radius 2 is 1.87 bits per heavy atom. The average Bonchev–Trinajstić information content (AvgIpc) is 3.24. The zero-order chi connectivity index (χ0) is 21.3. The number of carbonyl (C=O) groups is 1. The van der Waals surface area contributed by atoms with Gasteiger partial charge in [-0.15, -0.1) is 10.2 Å². The standard InChI is InChI=1S/C23H29N5OS/c1-18(2)19-10-12-21(13-11-19)28-17-25-26-23(28)30-16-22(29)24-14-7-15-27(3)20-8-5-4-6-9-20/h4-6,8-13,17-18H,7,14-16H2,1-3H3,(H,24,29). The molecule has 3 aromatic rings. The van der Waals surface area contributed by atoms with E-state index in [-0.39, 0.29) is 5.91 Å². The highest BCUT2D eigenvalue weighted by molar-refractivity contribution is 7.99. The molecule has 7 heteroatoms. The minimum Gasteiger partial charge on any atom is -0.375 e. The molecule has 0 unspecified atom stereocenters. The molecular formula is C23H29N5OS. The van der Waals surface area contributed by atoms with Crippen LogP contribution in [-0.4, -0.2) is 46.6 Å². The number of anilines is 1. The van der Waals surface area contributed by atoms with Gasteiger partial charge in [0.2, 0.25) is 5.91 Å². The maximum Gasteiger partial charge on any atom is 0.230 e. The van der Waals surface area contributed by atoms with E-state index in [1.165, 1.54) is 23.0 Å². The Hall–Kier alpha value is -2.80. The third-order valence-corrected chi connectivity index (χ3v) is 5.82. The monoisotopic (exact) mass is 423 g/mol. The summed E-state index contributed by atoms with van der Waals surface area (Å²) in [5.41, 5.74) is 3.47. The van der Waals surface area contributed by atoms with Crippen LogP contribution in [0.5, 0.6) is 0 Å². The molecule has 1 heterocycles. The normalized spacial score (nSPS) is 10.9. The summed E-state index contributed by atoms with van der Waals surface area (Å²) < 4.78 is 1.91. The molecule has 0 saturated heterocycles. The van der Waals surface area contributed by atoms with Crippen LogP contribution < -0.4 is 10.2 Å². The molecule has 2 aromatic carbocycles. The fourth-order valence-electron chi connectivity index (χ4n) is 3.06. The molecule has 0 fully saturated rings. The molecule has 0 radical (unpaired) electrons. The number of thioether (sulfide) groups is 1. The van der Waals surface area contributed by atoms with Crippen molar-refractivity contribution in [2.45, 2.75) is 31.3 Å². The van der Waals surface area contributed by atoms with E-state index in [0.29, 0.717) is 23.4 Å². The zero-order valence-electron chi connectivity index (χ0n) is 17.8. The van der Waals surface area contributed by atoms with E-state index in [1.54, 1.807) is 6.33 Å². The van der Waals surface area contributed by atoms with Crippen molar-refractivity contribution in [1.29, 1.82) is 0 Å². The smallest absolute Gasteiger partial charge is 0.230 e. The first-order chi connectivity index (χ1) is 14.5. The van der Waals surface area contributed by atoms with Crippen molar-refractivity contribution < 1.29 is 4.79 Å². The van der Waals surface area contributed by atoms with E-state index in [2.05, 4.69) is 77.7 Å². The Morgan fingerprint density at radius 1 is 1.13 bits per heavy atom. The van der Waals surface area contributed by atoms with Crippen LogP contribution in [0.3, 0.4) is 0 Å². The number of hydrogen-bond donors (Lipinski definition) is 1. The maximum atomic E-state index is 12.2. The summed E-state index contributed by atoms with van der Waals surface area (Å²) in [5.74, 6) is 0.814. The Bertz CT molecular complexity index is 924. The number of hydrogen-bond acceptors (Lipinski definition) is 5.